The highest BCUT2D eigenvalue weighted by molar-refractivity contribution is 5.81. The van der Waals surface area contributed by atoms with Crippen LogP contribution in [0.5, 0.6) is 0 Å². The smallest absolute Gasteiger partial charge is 0.115 e. The molecule has 0 radical (unpaired) electrons. The summed E-state index contributed by atoms with van der Waals surface area (Å²) in [5, 5.41) is 0. The van der Waals surface area contributed by atoms with Crippen molar-refractivity contribution in [1.29, 1.82) is 0 Å². The van der Waals surface area contributed by atoms with Gasteiger partial charge in [-0.05, 0) is 22.8 Å². The second-order valence-electron chi connectivity index (χ2n) is 3.58. The van der Waals surface area contributed by atoms with Crippen molar-refractivity contribution in [3.05, 3.63) is 71.8 Å². The molecule has 0 saturated carbocycles. The first-order chi connectivity index (χ1) is 7.90. The van der Waals surface area contributed by atoms with Crippen molar-refractivity contribution < 1.29 is 4.39 Å². The Morgan fingerprint density at radius 3 is 2.00 bits per heavy atom. The van der Waals surface area contributed by atoms with Crippen LogP contribution in [0.2, 0.25) is 0 Å². The quantitative estimate of drug-likeness (QED) is 0.669. The molecule has 0 unspecified atom stereocenters. The molecule has 0 fully saturated rings. The van der Waals surface area contributed by atoms with E-state index in [0.29, 0.717) is 5.57 Å². The van der Waals surface area contributed by atoms with Gasteiger partial charge in [-0.2, -0.15) is 0 Å². The lowest BCUT2D eigenvalue weighted by atomic mass is 10.0. The van der Waals surface area contributed by atoms with E-state index in [-0.39, 0.29) is 0 Å². The van der Waals surface area contributed by atoms with Crippen LogP contribution in [0.3, 0.4) is 0 Å². The molecular formula is C15H13F. The molecule has 0 saturated heterocycles. The normalized spacial score (nSPS) is 11.4. The summed E-state index contributed by atoms with van der Waals surface area (Å²) >= 11 is 0. The van der Waals surface area contributed by atoms with Gasteiger partial charge in [0.15, 0.2) is 0 Å². The van der Waals surface area contributed by atoms with Gasteiger partial charge >= 0.3 is 0 Å². The van der Waals surface area contributed by atoms with Crippen molar-refractivity contribution >= 4 is 11.6 Å². The van der Waals surface area contributed by atoms with Gasteiger partial charge in [0.2, 0.25) is 0 Å². The SMILES string of the molecule is FC/C(=C/c1ccccc1)c1ccccc1. The van der Waals surface area contributed by atoms with Gasteiger partial charge in [-0.25, -0.2) is 4.39 Å². The van der Waals surface area contributed by atoms with Crippen LogP contribution in [0, 0.1) is 0 Å². The van der Waals surface area contributed by atoms with Crippen LogP contribution in [-0.4, -0.2) is 6.67 Å². The van der Waals surface area contributed by atoms with Gasteiger partial charge in [-0.15, -0.1) is 0 Å². The van der Waals surface area contributed by atoms with Crippen LogP contribution in [0.25, 0.3) is 11.6 Å². The zero-order valence-corrected chi connectivity index (χ0v) is 8.94. The average Bonchev–Trinajstić information content (AvgIpc) is 2.38. The Balaban J connectivity index is 2.34. The highest BCUT2D eigenvalue weighted by atomic mass is 19.1. The highest BCUT2D eigenvalue weighted by Crippen LogP contribution is 2.18. The number of benzene rings is 2. The molecule has 0 spiro atoms. The first-order valence-electron chi connectivity index (χ1n) is 5.27. The summed E-state index contributed by atoms with van der Waals surface area (Å²) in [5.41, 5.74) is 2.68. The summed E-state index contributed by atoms with van der Waals surface area (Å²) in [6, 6.07) is 19.4. The fourth-order valence-electron chi connectivity index (χ4n) is 1.60. The van der Waals surface area contributed by atoms with E-state index in [1.54, 1.807) is 0 Å². The molecule has 0 bridgehead atoms. The number of rotatable bonds is 3. The van der Waals surface area contributed by atoms with E-state index in [1.807, 2.05) is 66.7 Å². The fourth-order valence-corrected chi connectivity index (χ4v) is 1.60. The van der Waals surface area contributed by atoms with E-state index in [4.69, 9.17) is 0 Å². The zero-order chi connectivity index (χ0) is 11.2. The largest absolute Gasteiger partial charge is 0.246 e. The maximum absolute atomic E-state index is 13.0. The van der Waals surface area contributed by atoms with Gasteiger partial charge in [0.1, 0.15) is 6.67 Å². The molecule has 2 aromatic carbocycles. The third-order valence-corrected chi connectivity index (χ3v) is 2.43. The number of halogens is 1. The Morgan fingerprint density at radius 2 is 1.44 bits per heavy atom. The number of alkyl halides is 1. The van der Waals surface area contributed by atoms with E-state index in [1.165, 1.54) is 0 Å². The first-order valence-corrected chi connectivity index (χ1v) is 5.27. The summed E-state index contributed by atoms with van der Waals surface area (Å²) in [6.45, 7) is -0.446. The summed E-state index contributed by atoms with van der Waals surface area (Å²) in [5.74, 6) is 0. The lowest BCUT2D eigenvalue weighted by Crippen LogP contribution is -1.86. The van der Waals surface area contributed by atoms with Crippen molar-refractivity contribution in [2.45, 2.75) is 0 Å². The molecule has 0 atom stereocenters. The standard InChI is InChI=1S/C15H13F/c16-12-15(14-9-5-2-6-10-14)11-13-7-3-1-4-8-13/h1-11H,12H2/b15-11-. The highest BCUT2D eigenvalue weighted by Gasteiger charge is 1.99. The molecule has 80 valence electrons. The Labute approximate surface area is 95.1 Å². The maximum atomic E-state index is 13.0. The van der Waals surface area contributed by atoms with Crippen molar-refractivity contribution in [3.8, 4) is 0 Å². The third kappa shape index (κ3) is 2.57. The molecule has 0 amide bonds. The summed E-state index contributed by atoms with van der Waals surface area (Å²) < 4.78 is 13.0. The van der Waals surface area contributed by atoms with Crippen molar-refractivity contribution in [2.75, 3.05) is 6.67 Å². The summed E-state index contributed by atoms with van der Waals surface area (Å²) in [4.78, 5) is 0. The van der Waals surface area contributed by atoms with Crippen molar-refractivity contribution in [3.63, 3.8) is 0 Å². The van der Waals surface area contributed by atoms with Crippen LogP contribution in [0.15, 0.2) is 60.7 Å². The van der Waals surface area contributed by atoms with E-state index < -0.39 is 6.67 Å². The Kier molecular flexibility index (Phi) is 3.50. The molecular weight excluding hydrogens is 199 g/mol. The second-order valence-corrected chi connectivity index (χ2v) is 3.58. The van der Waals surface area contributed by atoms with Gasteiger partial charge in [0, 0.05) is 0 Å². The fraction of sp³-hybridized carbons (Fsp3) is 0.0667. The summed E-state index contributed by atoms with van der Waals surface area (Å²) in [7, 11) is 0. The molecule has 1 heteroatoms. The van der Waals surface area contributed by atoms with Gasteiger partial charge in [-0.3, -0.25) is 0 Å². The van der Waals surface area contributed by atoms with Crippen LogP contribution < -0.4 is 0 Å². The molecule has 0 aliphatic carbocycles. The monoisotopic (exact) mass is 212 g/mol. The molecule has 0 nitrogen and oxygen atoms in total. The minimum absolute atomic E-state index is 0.446. The van der Waals surface area contributed by atoms with Crippen LogP contribution >= 0.6 is 0 Å². The van der Waals surface area contributed by atoms with Gasteiger partial charge in [-0.1, -0.05) is 60.7 Å². The van der Waals surface area contributed by atoms with Crippen molar-refractivity contribution in [2.24, 2.45) is 0 Å². The maximum Gasteiger partial charge on any atom is 0.115 e. The lowest BCUT2D eigenvalue weighted by Gasteiger charge is -2.03. The lowest BCUT2D eigenvalue weighted by molar-refractivity contribution is 0.572. The van der Waals surface area contributed by atoms with Crippen molar-refractivity contribution in [1.82, 2.24) is 0 Å². The predicted molar refractivity (Wildman–Crippen MR) is 66.7 cm³/mol. The number of hydrogen-bond acceptors (Lipinski definition) is 0. The zero-order valence-electron chi connectivity index (χ0n) is 8.94. The molecule has 0 aromatic heterocycles. The Morgan fingerprint density at radius 1 is 0.875 bits per heavy atom. The van der Waals surface area contributed by atoms with Gasteiger partial charge < -0.3 is 0 Å². The molecule has 16 heavy (non-hydrogen) atoms. The molecule has 0 N–H and O–H groups in total. The van der Waals surface area contributed by atoms with Crippen LogP contribution in [0.4, 0.5) is 4.39 Å². The van der Waals surface area contributed by atoms with Crippen LogP contribution in [-0.2, 0) is 0 Å². The minimum Gasteiger partial charge on any atom is -0.246 e. The van der Waals surface area contributed by atoms with Gasteiger partial charge in [0.05, 0.1) is 0 Å². The second kappa shape index (κ2) is 5.26. The minimum atomic E-state index is -0.446. The molecule has 2 aromatic rings. The molecule has 2 rings (SSSR count). The Hall–Kier alpha value is -1.89. The Bertz CT molecular complexity index is 457. The molecule has 0 aliphatic rings. The third-order valence-electron chi connectivity index (χ3n) is 2.43. The number of allylic oxidation sites excluding steroid dienone is 1. The predicted octanol–water partition coefficient (Wildman–Crippen LogP) is 4.20. The van der Waals surface area contributed by atoms with Gasteiger partial charge in [0.25, 0.3) is 0 Å². The van der Waals surface area contributed by atoms with E-state index in [0.717, 1.165) is 11.1 Å². The molecule has 0 heterocycles. The van der Waals surface area contributed by atoms with Crippen LogP contribution in [0.1, 0.15) is 11.1 Å². The topological polar surface area (TPSA) is 0 Å². The van der Waals surface area contributed by atoms with E-state index in [2.05, 4.69) is 0 Å². The molecule has 0 aliphatic heterocycles. The number of hydrogen-bond donors (Lipinski definition) is 0. The summed E-state index contributed by atoms with van der Waals surface area (Å²) in [6.07, 6.45) is 1.88. The average molecular weight is 212 g/mol. The van der Waals surface area contributed by atoms with E-state index in [9.17, 15) is 4.39 Å². The first kappa shape index (κ1) is 10.6. The van der Waals surface area contributed by atoms with E-state index >= 15 is 0 Å².